The zero-order valence-corrected chi connectivity index (χ0v) is 12.8. The molecule has 1 aromatic rings. The molecule has 0 fully saturated rings. The molecule has 1 aromatic carbocycles. The van der Waals surface area contributed by atoms with E-state index in [4.69, 9.17) is 0 Å². The summed E-state index contributed by atoms with van der Waals surface area (Å²) < 4.78 is 74.7. The second-order valence-electron chi connectivity index (χ2n) is 4.64. The average molecular weight is 354 g/mol. The lowest BCUT2D eigenvalue weighted by Crippen LogP contribution is -2.28. The Kier molecular flexibility index (Phi) is 5.75. The second-order valence-corrected chi connectivity index (χ2v) is 6.39. The maximum Gasteiger partial charge on any atom is 0.412 e. The first-order valence-corrected chi connectivity index (χ1v) is 8.10. The van der Waals surface area contributed by atoms with Gasteiger partial charge in [0.05, 0.1) is 17.5 Å². The molecule has 128 valence electrons. The average Bonchev–Trinajstić information content (AvgIpc) is 2.38. The van der Waals surface area contributed by atoms with Crippen molar-refractivity contribution in [2.45, 2.75) is 12.6 Å². The number of hydrogen-bond donors (Lipinski definition) is 2. The molecule has 0 saturated heterocycles. The van der Waals surface area contributed by atoms with Crippen LogP contribution in [0.25, 0.3) is 0 Å². The van der Waals surface area contributed by atoms with Crippen molar-refractivity contribution in [3.05, 3.63) is 41.7 Å². The van der Waals surface area contributed by atoms with Crippen LogP contribution in [0.15, 0.2) is 30.4 Å². The van der Waals surface area contributed by atoms with Crippen LogP contribution in [0.5, 0.6) is 0 Å². The second kappa shape index (κ2) is 6.99. The number of para-hydroxylation sites is 1. The van der Waals surface area contributed by atoms with Crippen LogP contribution < -0.4 is 10.0 Å². The molecule has 1 rings (SSSR count). The third kappa shape index (κ3) is 5.89. The minimum absolute atomic E-state index is 0.340. The number of halogens is 4. The van der Waals surface area contributed by atoms with Crippen LogP contribution in [-0.2, 0) is 10.0 Å². The van der Waals surface area contributed by atoms with Gasteiger partial charge < -0.3 is 5.32 Å². The molecule has 0 radical (unpaired) electrons. The van der Waals surface area contributed by atoms with Gasteiger partial charge in [-0.3, -0.25) is 9.52 Å². The smallest absolute Gasteiger partial charge is 0.352 e. The Morgan fingerprint density at radius 3 is 2.43 bits per heavy atom. The fourth-order valence-electron chi connectivity index (χ4n) is 1.57. The fraction of sp³-hybridized carbons (Fsp3) is 0.308. The first-order chi connectivity index (χ1) is 10.4. The molecule has 0 aliphatic carbocycles. The Balaban J connectivity index is 2.85. The minimum atomic E-state index is -4.56. The highest BCUT2D eigenvalue weighted by molar-refractivity contribution is 7.92. The lowest BCUT2D eigenvalue weighted by molar-refractivity contribution is -0.0934. The van der Waals surface area contributed by atoms with Crippen LogP contribution in [0.2, 0.25) is 0 Å². The zero-order chi connectivity index (χ0) is 17.8. The maximum atomic E-state index is 13.7. The van der Waals surface area contributed by atoms with Crippen molar-refractivity contribution in [3.63, 3.8) is 0 Å². The molecule has 10 heteroatoms. The first kappa shape index (κ1) is 18.9. The van der Waals surface area contributed by atoms with Gasteiger partial charge in [-0.15, -0.1) is 0 Å². The van der Waals surface area contributed by atoms with Crippen LogP contribution in [0.4, 0.5) is 23.2 Å². The first-order valence-electron chi connectivity index (χ1n) is 6.21. The van der Waals surface area contributed by atoms with E-state index in [9.17, 15) is 30.8 Å². The van der Waals surface area contributed by atoms with Crippen LogP contribution in [0.1, 0.15) is 16.8 Å². The van der Waals surface area contributed by atoms with E-state index < -0.39 is 45.6 Å². The van der Waals surface area contributed by atoms with Gasteiger partial charge in [-0.2, -0.15) is 13.2 Å². The van der Waals surface area contributed by atoms with Gasteiger partial charge >= 0.3 is 6.18 Å². The van der Waals surface area contributed by atoms with E-state index in [2.05, 4.69) is 11.9 Å². The van der Waals surface area contributed by atoms with Crippen molar-refractivity contribution in [2.75, 3.05) is 17.5 Å². The van der Waals surface area contributed by atoms with E-state index >= 15 is 0 Å². The molecular weight excluding hydrogens is 340 g/mol. The van der Waals surface area contributed by atoms with E-state index in [0.717, 1.165) is 18.4 Å². The van der Waals surface area contributed by atoms with Gasteiger partial charge in [-0.1, -0.05) is 12.6 Å². The molecular formula is C13H14F4N2O3S. The van der Waals surface area contributed by atoms with E-state index in [1.54, 1.807) is 0 Å². The van der Waals surface area contributed by atoms with Crippen molar-refractivity contribution >= 4 is 21.6 Å². The number of hydrogen-bond acceptors (Lipinski definition) is 3. The highest BCUT2D eigenvalue weighted by Gasteiger charge is 2.31. The largest absolute Gasteiger partial charge is 0.412 e. The lowest BCUT2D eigenvalue weighted by atomic mass is 10.1. The topological polar surface area (TPSA) is 75.3 Å². The molecule has 0 spiro atoms. The van der Waals surface area contributed by atoms with Crippen molar-refractivity contribution in [1.82, 2.24) is 5.32 Å². The number of nitrogens with one attached hydrogen (secondary N) is 2. The molecule has 0 heterocycles. The maximum absolute atomic E-state index is 13.7. The standard InChI is InChI=1S/C13H14F4N2O3S/c1-8(13(15,16)17)6-7-18-12(20)9-4-3-5-10(14)11(9)19-23(2,21)22/h3-5,19H,1,6-7H2,2H3,(H,18,20). The Morgan fingerprint density at radius 1 is 1.30 bits per heavy atom. The number of anilines is 1. The molecule has 0 unspecified atom stereocenters. The van der Waals surface area contributed by atoms with Gasteiger partial charge in [0.25, 0.3) is 5.91 Å². The zero-order valence-electron chi connectivity index (χ0n) is 12.0. The quantitative estimate of drug-likeness (QED) is 0.609. The predicted octanol–water partition coefficient (Wildman–Crippen LogP) is 2.44. The molecule has 0 atom stereocenters. The number of sulfonamides is 1. The molecule has 5 nitrogen and oxygen atoms in total. The monoisotopic (exact) mass is 354 g/mol. The van der Waals surface area contributed by atoms with Gasteiger partial charge in [0, 0.05) is 12.1 Å². The number of carbonyl (C=O) groups excluding carboxylic acids is 1. The fourth-order valence-corrected chi connectivity index (χ4v) is 2.14. The van der Waals surface area contributed by atoms with Crippen LogP contribution >= 0.6 is 0 Å². The Morgan fingerprint density at radius 2 is 1.91 bits per heavy atom. The van der Waals surface area contributed by atoms with Crippen LogP contribution in [-0.4, -0.2) is 33.3 Å². The summed E-state index contributed by atoms with van der Waals surface area (Å²) in [7, 11) is -3.84. The van der Waals surface area contributed by atoms with E-state index in [1.165, 1.54) is 6.07 Å². The molecule has 0 aromatic heterocycles. The number of amides is 1. The molecule has 0 bridgehead atoms. The number of benzene rings is 1. The van der Waals surface area contributed by atoms with Crippen molar-refractivity contribution in [1.29, 1.82) is 0 Å². The van der Waals surface area contributed by atoms with Gasteiger partial charge in [0.15, 0.2) is 0 Å². The Hall–Kier alpha value is -2.10. The molecule has 1 amide bonds. The summed E-state index contributed by atoms with van der Waals surface area (Å²) in [6, 6.07) is 3.26. The van der Waals surface area contributed by atoms with Crippen molar-refractivity contribution in [3.8, 4) is 0 Å². The van der Waals surface area contributed by atoms with Gasteiger partial charge in [0.1, 0.15) is 5.82 Å². The number of carbonyl (C=O) groups is 1. The molecule has 0 aliphatic heterocycles. The summed E-state index contributed by atoms with van der Waals surface area (Å²) in [5, 5.41) is 2.15. The van der Waals surface area contributed by atoms with Crippen LogP contribution in [0.3, 0.4) is 0 Å². The third-order valence-corrected chi connectivity index (χ3v) is 3.23. The van der Waals surface area contributed by atoms with Gasteiger partial charge in [0.2, 0.25) is 10.0 Å². The summed E-state index contributed by atoms with van der Waals surface area (Å²) in [6.07, 6.45) is -4.33. The number of rotatable bonds is 6. The third-order valence-electron chi connectivity index (χ3n) is 2.66. The van der Waals surface area contributed by atoms with E-state index in [1.807, 2.05) is 4.72 Å². The summed E-state index contributed by atoms with van der Waals surface area (Å²) in [6.45, 7) is 2.46. The highest BCUT2D eigenvalue weighted by atomic mass is 32.2. The van der Waals surface area contributed by atoms with Crippen molar-refractivity contribution < 1.29 is 30.8 Å². The molecule has 0 aliphatic rings. The molecule has 2 N–H and O–H groups in total. The highest BCUT2D eigenvalue weighted by Crippen LogP contribution is 2.26. The predicted molar refractivity (Wildman–Crippen MR) is 77.0 cm³/mol. The minimum Gasteiger partial charge on any atom is -0.352 e. The SMILES string of the molecule is C=C(CCNC(=O)c1cccc(F)c1NS(C)(=O)=O)C(F)(F)F. The van der Waals surface area contributed by atoms with Gasteiger partial charge in [-0.25, -0.2) is 12.8 Å². The lowest BCUT2D eigenvalue weighted by Gasteiger charge is -2.13. The summed E-state index contributed by atoms with van der Waals surface area (Å²) >= 11 is 0. The van der Waals surface area contributed by atoms with Gasteiger partial charge in [-0.05, 0) is 18.6 Å². The van der Waals surface area contributed by atoms with Crippen molar-refractivity contribution in [2.24, 2.45) is 0 Å². The summed E-state index contributed by atoms with van der Waals surface area (Å²) in [4.78, 5) is 11.9. The van der Waals surface area contributed by atoms with Crippen LogP contribution in [0, 0.1) is 5.82 Å². The van der Waals surface area contributed by atoms with E-state index in [-0.39, 0.29) is 12.1 Å². The van der Waals surface area contributed by atoms with E-state index in [0.29, 0.717) is 0 Å². The molecule has 0 saturated carbocycles. The Labute approximate surface area is 130 Å². The Bertz CT molecular complexity index is 714. The normalized spacial score (nSPS) is 11.9. The number of alkyl halides is 3. The summed E-state index contributed by atoms with van der Waals surface area (Å²) in [5.41, 5.74) is -1.93. The molecule has 23 heavy (non-hydrogen) atoms. The summed E-state index contributed by atoms with van der Waals surface area (Å²) in [5.74, 6) is -1.89.